The number of amidine groups is 1. The maximum absolute atomic E-state index is 4.41. The minimum Gasteiger partial charge on any atom is -0.372 e. The van der Waals surface area contributed by atoms with E-state index in [1.54, 1.807) is 0 Å². The van der Waals surface area contributed by atoms with Crippen LogP contribution in [0.3, 0.4) is 0 Å². The molecular weight excluding hydrogens is 162 g/mol. The summed E-state index contributed by atoms with van der Waals surface area (Å²) in [6, 6.07) is 0.739. The number of nitrogens with one attached hydrogen (secondary N) is 1. The van der Waals surface area contributed by atoms with Gasteiger partial charge < -0.3 is 10.2 Å². The van der Waals surface area contributed by atoms with Gasteiger partial charge in [0.25, 0.3) is 0 Å². The first-order valence-corrected chi connectivity index (χ1v) is 5.34. The van der Waals surface area contributed by atoms with Crippen LogP contribution in [0.15, 0.2) is 4.99 Å². The van der Waals surface area contributed by atoms with Gasteiger partial charge in [0.05, 0.1) is 5.84 Å². The molecule has 0 radical (unpaired) electrons. The third-order valence-corrected chi connectivity index (χ3v) is 3.09. The highest BCUT2D eigenvalue weighted by Gasteiger charge is 2.20. The molecule has 1 saturated heterocycles. The van der Waals surface area contributed by atoms with Gasteiger partial charge in [-0.05, 0) is 32.9 Å². The first-order chi connectivity index (χ1) is 6.36. The Labute approximate surface area is 80.2 Å². The summed E-state index contributed by atoms with van der Waals surface area (Å²) in [5, 5.41) is 3.46. The lowest BCUT2D eigenvalue weighted by Crippen LogP contribution is -2.37. The molecule has 1 atom stereocenters. The standard InChI is InChI=1S/C10H19N3/c1-13-7-3-4-9(13)8-12-10-5-2-6-11-10/h9H,2-8H2,1H3,(H,11,12). The molecule has 2 heterocycles. The van der Waals surface area contributed by atoms with Gasteiger partial charge in [0.2, 0.25) is 0 Å². The third-order valence-electron chi connectivity index (χ3n) is 3.09. The van der Waals surface area contributed by atoms with Crippen molar-refractivity contribution in [2.24, 2.45) is 4.99 Å². The second-order valence-electron chi connectivity index (χ2n) is 4.09. The second-order valence-corrected chi connectivity index (χ2v) is 4.09. The molecule has 3 heteroatoms. The summed E-state index contributed by atoms with van der Waals surface area (Å²) in [4.78, 5) is 6.86. The van der Waals surface area contributed by atoms with Crippen LogP contribution in [0.25, 0.3) is 0 Å². The van der Waals surface area contributed by atoms with Crippen LogP contribution in [0, 0.1) is 0 Å². The van der Waals surface area contributed by atoms with E-state index in [2.05, 4.69) is 22.3 Å². The molecule has 2 aliphatic rings. The Bertz CT molecular complexity index is 200. The summed E-state index contributed by atoms with van der Waals surface area (Å²) in [7, 11) is 2.22. The fraction of sp³-hybridized carbons (Fsp3) is 0.900. The molecule has 0 aromatic rings. The smallest absolute Gasteiger partial charge is 0.0964 e. The molecule has 0 aromatic heterocycles. The number of nitrogens with zero attached hydrogens (tertiary/aromatic N) is 2. The fourth-order valence-corrected chi connectivity index (χ4v) is 2.16. The van der Waals surface area contributed by atoms with Crippen LogP contribution in [0.4, 0.5) is 0 Å². The molecule has 3 nitrogen and oxygen atoms in total. The van der Waals surface area contributed by atoms with Crippen molar-refractivity contribution in [3.63, 3.8) is 0 Å². The summed E-state index contributed by atoms with van der Waals surface area (Å²) in [5.74, 6) is 1.24. The molecule has 0 aromatic carbocycles. The number of aliphatic imine (C=N–C) groups is 1. The van der Waals surface area contributed by atoms with Gasteiger partial charge >= 0.3 is 0 Å². The minimum atomic E-state index is 0.739. The van der Waals surface area contributed by atoms with Crippen LogP contribution in [-0.4, -0.2) is 43.5 Å². The molecule has 0 spiro atoms. The van der Waals surface area contributed by atoms with E-state index in [0.717, 1.165) is 25.6 Å². The summed E-state index contributed by atoms with van der Waals surface area (Å²) < 4.78 is 0. The average molecular weight is 181 g/mol. The molecule has 0 amide bonds. The van der Waals surface area contributed by atoms with E-state index < -0.39 is 0 Å². The van der Waals surface area contributed by atoms with Gasteiger partial charge in [-0.3, -0.25) is 4.99 Å². The first kappa shape index (κ1) is 9.00. The Morgan fingerprint density at radius 1 is 1.54 bits per heavy atom. The molecule has 2 aliphatic heterocycles. The van der Waals surface area contributed by atoms with Crippen LogP contribution in [-0.2, 0) is 0 Å². The summed E-state index contributed by atoms with van der Waals surface area (Å²) in [6.45, 7) is 3.39. The van der Waals surface area contributed by atoms with Crippen molar-refractivity contribution in [3.8, 4) is 0 Å². The predicted molar refractivity (Wildman–Crippen MR) is 55.2 cm³/mol. The summed E-state index contributed by atoms with van der Waals surface area (Å²) >= 11 is 0. The Morgan fingerprint density at radius 2 is 2.46 bits per heavy atom. The maximum Gasteiger partial charge on any atom is 0.0964 e. The lowest BCUT2D eigenvalue weighted by atomic mass is 10.2. The zero-order valence-electron chi connectivity index (χ0n) is 8.42. The van der Waals surface area contributed by atoms with Crippen molar-refractivity contribution in [1.82, 2.24) is 10.2 Å². The van der Waals surface area contributed by atoms with Crippen molar-refractivity contribution in [1.29, 1.82) is 0 Å². The Kier molecular flexibility index (Phi) is 2.83. The molecule has 0 saturated carbocycles. The van der Waals surface area contributed by atoms with Crippen LogP contribution in [0.2, 0.25) is 0 Å². The largest absolute Gasteiger partial charge is 0.372 e. The van der Waals surface area contributed by atoms with Crippen molar-refractivity contribution >= 4 is 5.84 Å². The Balaban J connectivity index is 1.72. The summed E-state index contributed by atoms with van der Waals surface area (Å²) in [6.07, 6.45) is 5.10. The van der Waals surface area contributed by atoms with Crippen LogP contribution in [0.5, 0.6) is 0 Å². The maximum atomic E-state index is 4.41. The van der Waals surface area contributed by atoms with Crippen molar-refractivity contribution in [2.75, 3.05) is 26.7 Å². The van der Waals surface area contributed by atoms with E-state index in [4.69, 9.17) is 0 Å². The number of likely N-dealkylation sites (N-methyl/N-ethyl adjacent to an activating group) is 1. The molecule has 1 unspecified atom stereocenters. The molecule has 74 valence electrons. The fourth-order valence-electron chi connectivity index (χ4n) is 2.16. The zero-order chi connectivity index (χ0) is 9.10. The second kappa shape index (κ2) is 4.09. The van der Waals surface area contributed by atoms with E-state index in [1.807, 2.05) is 0 Å². The van der Waals surface area contributed by atoms with Gasteiger partial charge in [-0.1, -0.05) is 0 Å². The highest BCUT2D eigenvalue weighted by Crippen LogP contribution is 2.13. The van der Waals surface area contributed by atoms with E-state index in [9.17, 15) is 0 Å². The molecule has 1 N–H and O–H groups in total. The van der Waals surface area contributed by atoms with Gasteiger partial charge in [-0.25, -0.2) is 0 Å². The quantitative estimate of drug-likeness (QED) is 0.684. The topological polar surface area (TPSA) is 27.6 Å². The first-order valence-electron chi connectivity index (χ1n) is 5.34. The zero-order valence-corrected chi connectivity index (χ0v) is 8.42. The van der Waals surface area contributed by atoms with Crippen molar-refractivity contribution in [3.05, 3.63) is 0 Å². The van der Waals surface area contributed by atoms with E-state index in [1.165, 1.54) is 31.6 Å². The summed E-state index contributed by atoms with van der Waals surface area (Å²) in [5.41, 5.74) is 0. The SMILES string of the molecule is CN1CCCC1CNC1=NCCC1. The number of likely N-dealkylation sites (tertiary alicyclic amines) is 1. The van der Waals surface area contributed by atoms with Gasteiger partial charge in [-0.15, -0.1) is 0 Å². The molecular formula is C10H19N3. The lowest BCUT2D eigenvalue weighted by Gasteiger charge is -2.20. The van der Waals surface area contributed by atoms with Gasteiger partial charge in [0, 0.05) is 25.6 Å². The van der Waals surface area contributed by atoms with Crippen molar-refractivity contribution in [2.45, 2.75) is 31.7 Å². The third kappa shape index (κ3) is 2.21. The molecule has 0 aliphatic carbocycles. The highest BCUT2D eigenvalue weighted by atomic mass is 15.2. The van der Waals surface area contributed by atoms with Crippen LogP contribution in [0.1, 0.15) is 25.7 Å². The van der Waals surface area contributed by atoms with Gasteiger partial charge in [0.15, 0.2) is 0 Å². The van der Waals surface area contributed by atoms with E-state index in [0.29, 0.717) is 0 Å². The molecule has 13 heavy (non-hydrogen) atoms. The predicted octanol–water partition coefficient (Wildman–Crippen LogP) is 0.862. The lowest BCUT2D eigenvalue weighted by molar-refractivity contribution is 0.310. The minimum absolute atomic E-state index is 0.739. The molecule has 1 fully saturated rings. The van der Waals surface area contributed by atoms with E-state index in [-0.39, 0.29) is 0 Å². The van der Waals surface area contributed by atoms with Crippen molar-refractivity contribution < 1.29 is 0 Å². The Morgan fingerprint density at radius 3 is 3.08 bits per heavy atom. The normalized spacial score (nSPS) is 29.3. The monoisotopic (exact) mass is 181 g/mol. The van der Waals surface area contributed by atoms with Crippen LogP contribution >= 0.6 is 0 Å². The van der Waals surface area contributed by atoms with Crippen LogP contribution < -0.4 is 5.32 Å². The highest BCUT2D eigenvalue weighted by molar-refractivity contribution is 5.83. The average Bonchev–Trinajstić information content (AvgIpc) is 2.72. The number of rotatable bonds is 2. The van der Waals surface area contributed by atoms with E-state index >= 15 is 0 Å². The van der Waals surface area contributed by atoms with Gasteiger partial charge in [0.1, 0.15) is 0 Å². The number of hydrogen-bond donors (Lipinski definition) is 1. The Hall–Kier alpha value is -0.570. The molecule has 2 rings (SSSR count). The number of hydrogen-bond acceptors (Lipinski definition) is 3. The van der Waals surface area contributed by atoms with Gasteiger partial charge in [-0.2, -0.15) is 0 Å². The molecule has 0 bridgehead atoms.